The van der Waals surface area contributed by atoms with E-state index in [1.807, 2.05) is 6.92 Å². The molecule has 114 valence electrons. The molecule has 1 aromatic carbocycles. The van der Waals surface area contributed by atoms with E-state index in [2.05, 4.69) is 5.16 Å². The highest BCUT2D eigenvalue weighted by Gasteiger charge is 2.35. The molecule has 0 atom stereocenters. The largest absolute Gasteiger partial charge is 0.409 e. The summed E-state index contributed by atoms with van der Waals surface area (Å²) >= 11 is 0. The van der Waals surface area contributed by atoms with Gasteiger partial charge in [-0.3, -0.25) is 4.79 Å². The standard InChI is InChI=1S/C15H20FN3O2/c1-10-3-4-11(9-12(10)16)13(20)19-7-5-15(2,6-8-19)14(17)18-21/h3-4,9,21H,5-8H2,1-2H3,(H2,17,18). The molecular formula is C15H20FN3O2. The first-order valence-electron chi connectivity index (χ1n) is 6.91. The van der Waals surface area contributed by atoms with Gasteiger partial charge in [-0.15, -0.1) is 0 Å². The van der Waals surface area contributed by atoms with Crippen molar-refractivity contribution in [3.8, 4) is 0 Å². The van der Waals surface area contributed by atoms with Crippen molar-refractivity contribution >= 4 is 11.7 Å². The van der Waals surface area contributed by atoms with E-state index in [4.69, 9.17) is 10.9 Å². The van der Waals surface area contributed by atoms with Crippen LogP contribution >= 0.6 is 0 Å². The van der Waals surface area contributed by atoms with Gasteiger partial charge in [0.1, 0.15) is 11.7 Å². The van der Waals surface area contributed by atoms with Crippen molar-refractivity contribution < 1.29 is 14.4 Å². The highest BCUT2D eigenvalue weighted by Crippen LogP contribution is 2.31. The number of rotatable bonds is 2. The van der Waals surface area contributed by atoms with Crippen LogP contribution in [0.25, 0.3) is 0 Å². The molecule has 0 spiro atoms. The van der Waals surface area contributed by atoms with Crippen molar-refractivity contribution in [2.75, 3.05) is 13.1 Å². The summed E-state index contributed by atoms with van der Waals surface area (Å²) in [4.78, 5) is 14.0. The van der Waals surface area contributed by atoms with Crippen LogP contribution in [-0.2, 0) is 0 Å². The van der Waals surface area contributed by atoms with Crippen molar-refractivity contribution in [2.45, 2.75) is 26.7 Å². The van der Waals surface area contributed by atoms with E-state index < -0.39 is 5.41 Å². The number of nitrogens with two attached hydrogens (primary N) is 1. The first-order valence-corrected chi connectivity index (χ1v) is 6.91. The summed E-state index contributed by atoms with van der Waals surface area (Å²) in [5.74, 6) is -0.370. The number of aryl methyl sites for hydroxylation is 1. The van der Waals surface area contributed by atoms with Crippen LogP contribution in [0.15, 0.2) is 23.4 Å². The number of nitrogens with zero attached hydrogens (tertiary/aromatic N) is 2. The maximum Gasteiger partial charge on any atom is 0.253 e. The smallest absolute Gasteiger partial charge is 0.253 e. The Balaban J connectivity index is 2.08. The summed E-state index contributed by atoms with van der Waals surface area (Å²) in [5, 5.41) is 11.9. The van der Waals surface area contributed by atoms with E-state index in [0.717, 1.165) is 0 Å². The Kier molecular flexibility index (Phi) is 4.16. The van der Waals surface area contributed by atoms with Gasteiger partial charge < -0.3 is 15.8 Å². The van der Waals surface area contributed by atoms with Gasteiger partial charge in [0.25, 0.3) is 5.91 Å². The number of amidine groups is 1. The average molecular weight is 293 g/mol. The number of oxime groups is 1. The monoisotopic (exact) mass is 293 g/mol. The Hall–Kier alpha value is -2.11. The third kappa shape index (κ3) is 2.99. The first kappa shape index (κ1) is 15.3. The van der Waals surface area contributed by atoms with Gasteiger partial charge in [-0.1, -0.05) is 18.1 Å². The molecule has 0 saturated carbocycles. The SMILES string of the molecule is Cc1ccc(C(=O)N2CCC(C)(/C(N)=N/O)CC2)cc1F. The molecule has 1 heterocycles. The molecule has 2 rings (SSSR count). The molecule has 1 aliphatic heterocycles. The van der Waals surface area contributed by atoms with Gasteiger partial charge in [-0.25, -0.2) is 4.39 Å². The minimum atomic E-state index is -0.399. The summed E-state index contributed by atoms with van der Waals surface area (Å²) in [5.41, 5.74) is 6.17. The van der Waals surface area contributed by atoms with E-state index in [9.17, 15) is 9.18 Å². The number of likely N-dealkylation sites (tertiary alicyclic amines) is 1. The second-order valence-electron chi connectivity index (χ2n) is 5.80. The third-order valence-corrected chi connectivity index (χ3v) is 4.30. The second kappa shape index (κ2) is 5.71. The van der Waals surface area contributed by atoms with Crippen molar-refractivity contribution in [1.29, 1.82) is 0 Å². The molecule has 3 N–H and O–H groups in total. The minimum Gasteiger partial charge on any atom is -0.409 e. The average Bonchev–Trinajstić information content (AvgIpc) is 2.49. The van der Waals surface area contributed by atoms with E-state index in [-0.39, 0.29) is 17.6 Å². The predicted octanol–water partition coefficient (Wildman–Crippen LogP) is 2.12. The zero-order valence-electron chi connectivity index (χ0n) is 12.3. The van der Waals surface area contributed by atoms with Gasteiger partial charge in [0.15, 0.2) is 0 Å². The molecular weight excluding hydrogens is 273 g/mol. The number of amides is 1. The summed E-state index contributed by atoms with van der Waals surface area (Å²) in [6.45, 7) is 4.57. The maximum absolute atomic E-state index is 13.6. The number of carbonyl (C=O) groups is 1. The molecule has 0 unspecified atom stereocenters. The molecule has 0 radical (unpaired) electrons. The fraction of sp³-hybridized carbons (Fsp3) is 0.467. The number of benzene rings is 1. The number of carbonyl (C=O) groups excluding carboxylic acids is 1. The Morgan fingerprint density at radius 2 is 2.05 bits per heavy atom. The normalized spacial score (nSPS) is 18.6. The van der Waals surface area contributed by atoms with Gasteiger partial charge >= 0.3 is 0 Å². The van der Waals surface area contributed by atoms with Crippen LogP contribution in [-0.4, -0.2) is 34.9 Å². The maximum atomic E-state index is 13.6. The summed E-state index contributed by atoms with van der Waals surface area (Å²) in [7, 11) is 0. The van der Waals surface area contributed by atoms with Crippen LogP contribution in [0.5, 0.6) is 0 Å². The topological polar surface area (TPSA) is 78.9 Å². The zero-order valence-corrected chi connectivity index (χ0v) is 12.3. The van der Waals surface area contributed by atoms with E-state index in [1.54, 1.807) is 24.0 Å². The van der Waals surface area contributed by atoms with E-state index in [0.29, 0.717) is 37.1 Å². The van der Waals surface area contributed by atoms with Crippen molar-refractivity contribution in [3.63, 3.8) is 0 Å². The lowest BCUT2D eigenvalue weighted by Crippen LogP contribution is -2.47. The molecule has 6 heteroatoms. The van der Waals surface area contributed by atoms with Gasteiger partial charge in [-0.2, -0.15) is 0 Å². The summed E-state index contributed by atoms with van der Waals surface area (Å²) in [6, 6.07) is 4.51. The molecule has 1 aromatic rings. The van der Waals surface area contributed by atoms with Gasteiger partial charge in [0, 0.05) is 24.1 Å². The lowest BCUT2D eigenvalue weighted by Gasteiger charge is -2.38. The second-order valence-corrected chi connectivity index (χ2v) is 5.80. The van der Waals surface area contributed by atoms with Gasteiger partial charge in [0.2, 0.25) is 0 Å². The van der Waals surface area contributed by atoms with Crippen LogP contribution in [0, 0.1) is 18.2 Å². The Morgan fingerprint density at radius 3 is 2.57 bits per heavy atom. The number of piperidine rings is 1. The molecule has 1 saturated heterocycles. The van der Waals surface area contributed by atoms with Crippen LogP contribution in [0.3, 0.4) is 0 Å². The van der Waals surface area contributed by atoms with Crippen molar-refractivity contribution in [1.82, 2.24) is 4.90 Å². The quantitative estimate of drug-likeness (QED) is 0.379. The van der Waals surface area contributed by atoms with Gasteiger partial charge in [0.05, 0.1) is 0 Å². The Labute approximate surface area is 123 Å². The summed E-state index contributed by atoms with van der Waals surface area (Å²) in [6.07, 6.45) is 1.23. The molecule has 21 heavy (non-hydrogen) atoms. The lowest BCUT2D eigenvalue weighted by molar-refractivity contribution is 0.0666. The summed E-state index contributed by atoms with van der Waals surface area (Å²) < 4.78 is 13.6. The minimum absolute atomic E-state index is 0.185. The molecule has 1 aliphatic rings. The number of hydrogen-bond acceptors (Lipinski definition) is 3. The zero-order chi connectivity index (χ0) is 15.6. The van der Waals surface area contributed by atoms with Crippen LogP contribution < -0.4 is 5.73 Å². The van der Waals surface area contributed by atoms with Crippen LogP contribution in [0.2, 0.25) is 0 Å². The Bertz CT molecular complexity index is 578. The third-order valence-electron chi connectivity index (χ3n) is 4.30. The molecule has 1 amide bonds. The highest BCUT2D eigenvalue weighted by atomic mass is 19.1. The molecule has 0 bridgehead atoms. The van der Waals surface area contributed by atoms with E-state index in [1.165, 1.54) is 6.07 Å². The van der Waals surface area contributed by atoms with Crippen LogP contribution in [0.4, 0.5) is 4.39 Å². The molecule has 1 fully saturated rings. The molecule has 5 nitrogen and oxygen atoms in total. The van der Waals surface area contributed by atoms with Crippen molar-refractivity contribution in [3.05, 3.63) is 35.1 Å². The predicted molar refractivity (Wildman–Crippen MR) is 77.8 cm³/mol. The van der Waals surface area contributed by atoms with Crippen molar-refractivity contribution in [2.24, 2.45) is 16.3 Å². The first-order chi connectivity index (χ1) is 9.87. The Morgan fingerprint density at radius 1 is 1.43 bits per heavy atom. The van der Waals surface area contributed by atoms with Gasteiger partial charge in [-0.05, 0) is 37.5 Å². The van der Waals surface area contributed by atoms with Crippen LogP contribution in [0.1, 0.15) is 35.7 Å². The molecule has 0 aromatic heterocycles. The number of halogens is 1. The lowest BCUT2D eigenvalue weighted by atomic mass is 9.79. The highest BCUT2D eigenvalue weighted by molar-refractivity contribution is 5.94. The van der Waals surface area contributed by atoms with E-state index >= 15 is 0 Å². The fourth-order valence-corrected chi connectivity index (χ4v) is 2.49. The molecule has 0 aliphatic carbocycles. The fourth-order valence-electron chi connectivity index (χ4n) is 2.49. The number of hydrogen-bond donors (Lipinski definition) is 2.